The van der Waals surface area contributed by atoms with Crippen LogP contribution in [0.1, 0.15) is 85.3 Å². The van der Waals surface area contributed by atoms with Crippen LogP contribution in [0.5, 0.6) is 0 Å². The van der Waals surface area contributed by atoms with Crippen molar-refractivity contribution in [2.75, 3.05) is 13.1 Å². The second-order valence-electron chi connectivity index (χ2n) is 8.72. The molecule has 1 aromatic heterocycles. The van der Waals surface area contributed by atoms with Crippen LogP contribution in [0, 0.1) is 5.92 Å². The van der Waals surface area contributed by atoms with Crippen LogP contribution in [0.25, 0.3) is 0 Å². The van der Waals surface area contributed by atoms with Crippen LogP contribution in [0.3, 0.4) is 0 Å². The van der Waals surface area contributed by atoms with E-state index < -0.39 is 0 Å². The highest BCUT2D eigenvalue weighted by atomic mass is 16.2. The number of nitrogens with zero attached hydrogens (tertiary/aromatic N) is 3. The summed E-state index contributed by atoms with van der Waals surface area (Å²) < 4.78 is 2.05. The molecule has 0 aromatic carbocycles. The molecular formula is C24H43N3O2. The number of unbranched alkanes of at least 4 members (excludes halogenated alkanes) is 4. The van der Waals surface area contributed by atoms with E-state index in [9.17, 15) is 9.59 Å². The summed E-state index contributed by atoms with van der Waals surface area (Å²) in [5.41, 5.74) is 1.11. The van der Waals surface area contributed by atoms with Crippen molar-refractivity contribution < 1.29 is 9.59 Å². The van der Waals surface area contributed by atoms with E-state index in [-0.39, 0.29) is 24.4 Å². The molecule has 0 bridgehead atoms. The molecule has 0 saturated carbocycles. The third-order valence-electron chi connectivity index (χ3n) is 5.59. The van der Waals surface area contributed by atoms with Crippen LogP contribution >= 0.6 is 0 Å². The first-order valence-corrected chi connectivity index (χ1v) is 11.5. The maximum Gasteiger partial charge on any atom is 0.242 e. The van der Waals surface area contributed by atoms with Gasteiger partial charge in [-0.05, 0) is 37.8 Å². The number of hydrogen-bond donors (Lipinski definition) is 0. The Kier molecular flexibility index (Phi) is 11.7. The zero-order valence-corrected chi connectivity index (χ0v) is 19.6. The van der Waals surface area contributed by atoms with E-state index in [2.05, 4.69) is 38.3 Å². The maximum absolute atomic E-state index is 13.2. The van der Waals surface area contributed by atoms with Crippen LogP contribution in [-0.4, -0.2) is 45.3 Å². The zero-order valence-electron chi connectivity index (χ0n) is 19.6. The Bertz CT molecular complexity index is 609. The van der Waals surface area contributed by atoms with Crippen LogP contribution < -0.4 is 0 Å². The first-order chi connectivity index (χ1) is 13.8. The fraction of sp³-hybridized carbons (Fsp3) is 0.750. The number of aryl methyl sites for hydroxylation is 1. The summed E-state index contributed by atoms with van der Waals surface area (Å²) in [7, 11) is 2.00. The molecule has 0 fully saturated rings. The topological polar surface area (TPSA) is 45.6 Å². The molecular weight excluding hydrogens is 362 g/mol. The average molecular weight is 406 g/mol. The molecule has 1 heterocycles. The van der Waals surface area contributed by atoms with Crippen LogP contribution in [0.15, 0.2) is 18.3 Å². The van der Waals surface area contributed by atoms with Crippen molar-refractivity contribution in [1.29, 1.82) is 0 Å². The van der Waals surface area contributed by atoms with Crippen molar-refractivity contribution in [2.45, 2.75) is 92.2 Å². The van der Waals surface area contributed by atoms with Crippen LogP contribution in [-0.2, 0) is 23.2 Å². The molecule has 0 aliphatic carbocycles. The minimum absolute atomic E-state index is 0.0412. The van der Waals surface area contributed by atoms with Gasteiger partial charge in [0.05, 0.1) is 13.1 Å². The highest BCUT2D eigenvalue weighted by Crippen LogP contribution is 2.14. The number of amides is 2. The largest absolute Gasteiger partial charge is 0.353 e. The van der Waals surface area contributed by atoms with Crippen LogP contribution in [0.4, 0.5) is 0 Å². The van der Waals surface area contributed by atoms with Gasteiger partial charge in [-0.2, -0.15) is 0 Å². The van der Waals surface area contributed by atoms with Gasteiger partial charge in [0.1, 0.15) is 0 Å². The number of rotatable bonds is 14. The highest BCUT2D eigenvalue weighted by molar-refractivity contribution is 5.85. The normalized spacial score (nSPS) is 12.2. The standard InChI is InChI=1S/C24H43N3O2/c1-7-9-10-11-12-15-23(28)27(21(5)8-2)19-24(29)26(17-20(3)4)18-22-14-13-16-25(22)6/h13-14,16,20-21H,7-12,15,17-19H2,1-6H3. The van der Waals surface area contributed by atoms with Gasteiger partial charge in [0.15, 0.2) is 0 Å². The molecule has 29 heavy (non-hydrogen) atoms. The Morgan fingerprint density at radius 1 is 1.03 bits per heavy atom. The van der Waals surface area contributed by atoms with Gasteiger partial charge in [-0.1, -0.05) is 53.4 Å². The Balaban J connectivity index is 2.78. The van der Waals surface area contributed by atoms with Crippen molar-refractivity contribution in [3.8, 4) is 0 Å². The molecule has 1 aromatic rings. The lowest BCUT2D eigenvalue weighted by molar-refractivity contribution is -0.143. The van der Waals surface area contributed by atoms with E-state index in [0.29, 0.717) is 25.4 Å². The molecule has 5 nitrogen and oxygen atoms in total. The van der Waals surface area contributed by atoms with Gasteiger partial charge in [0.2, 0.25) is 11.8 Å². The maximum atomic E-state index is 13.2. The number of carbonyl (C=O) groups excluding carboxylic acids is 2. The lowest BCUT2D eigenvalue weighted by Gasteiger charge is -2.32. The molecule has 2 amide bonds. The zero-order chi connectivity index (χ0) is 21.8. The minimum Gasteiger partial charge on any atom is -0.353 e. The fourth-order valence-electron chi connectivity index (χ4n) is 3.53. The molecule has 1 atom stereocenters. The Morgan fingerprint density at radius 2 is 1.72 bits per heavy atom. The molecule has 0 radical (unpaired) electrons. The molecule has 0 aliphatic rings. The summed E-state index contributed by atoms with van der Waals surface area (Å²) in [6, 6.07) is 4.13. The van der Waals surface area contributed by atoms with Gasteiger partial charge in [-0.25, -0.2) is 0 Å². The quantitative estimate of drug-likeness (QED) is 0.409. The number of carbonyl (C=O) groups is 2. The van der Waals surface area contributed by atoms with E-state index in [1.54, 1.807) is 4.90 Å². The van der Waals surface area contributed by atoms with Crippen molar-refractivity contribution in [2.24, 2.45) is 13.0 Å². The summed E-state index contributed by atoms with van der Waals surface area (Å²) >= 11 is 0. The third kappa shape index (κ3) is 9.05. The molecule has 5 heteroatoms. The Labute approximate surface area is 178 Å². The van der Waals surface area contributed by atoms with Gasteiger partial charge in [0, 0.05) is 37.9 Å². The van der Waals surface area contributed by atoms with Crippen LogP contribution in [0.2, 0.25) is 0 Å². The SMILES string of the molecule is CCCCCCCC(=O)N(CC(=O)N(Cc1cccn1C)CC(C)C)C(C)CC. The second-order valence-corrected chi connectivity index (χ2v) is 8.72. The molecule has 0 spiro atoms. The van der Waals surface area contributed by atoms with Crippen molar-refractivity contribution >= 4 is 11.8 Å². The fourth-order valence-corrected chi connectivity index (χ4v) is 3.53. The average Bonchev–Trinajstić information content (AvgIpc) is 3.08. The van der Waals surface area contributed by atoms with Gasteiger partial charge >= 0.3 is 0 Å². The second kappa shape index (κ2) is 13.4. The van der Waals surface area contributed by atoms with E-state index >= 15 is 0 Å². The predicted octanol–water partition coefficient (Wildman–Crippen LogP) is 5.00. The first-order valence-electron chi connectivity index (χ1n) is 11.5. The summed E-state index contributed by atoms with van der Waals surface area (Å²) in [6.07, 6.45) is 9.03. The lowest BCUT2D eigenvalue weighted by atomic mass is 10.1. The van der Waals surface area contributed by atoms with Crippen molar-refractivity contribution in [3.63, 3.8) is 0 Å². The summed E-state index contributed by atoms with van der Waals surface area (Å²) in [5, 5.41) is 0. The summed E-state index contributed by atoms with van der Waals surface area (Å²) in [5.74, 6) is 0.539. The third-order valence-corrected chi connectivity index (χ3v) is 5.59. The summed E-state index contributed by atoms with van der Waals surface area (Å²) in [4.78, 5) is 29.8. The Morgan fingerprint density at radius 3 is 2.28 bits per heavy atom. The van der Waals surface area contributed by atoms with E-state index in [4.69, 9.17) is 0 Å². The molecule has 166 valence electrons. The monoisotopic (exact) mass is 405 g/mol. The van der Waals surface area contributed by atoms with Gasteiger partial charge in [-0.3, -0.25) is 9.59 Å². The molecule has 0 aliphatic heterocycles. The lowest BCUT2D eigenvalue weighted by Crippen LogP contribution is -2.47. The molecule has 1 unspecified atom stereocenters. The number of aromatic nitrogens is 1. The minimum atomic E-state index is 0.0412. The van der Waals surface area contributed by atoms with Gasteiger partial charge < -0.3 is 14.4 Å². The van der Waals surface area contributed by atoms with Gasteiger partial charge in [-0.15, -0.1) is 0 Å². The first kappa shape index (κ1) is 25.3. The Hall–Kier alpha value is -1.78. The van der Waals surface area contributed by atoms with E-state index in [0.717, 1.165) is 25.0 Å². The summed E-state index contributed by atoms with van der Waals surface area (Å²) in [6.45, 7) is 12.0. The predicted molar refractivity (Wildman–Crippen MR) is 121 cm³/mol. The van der Waals surface area contributed by atoms with Gasteiger partial charge in [0.25, 0.3) is 0 Å². The van der Waals surface area contributed by atoms with E-state index in [1.165, 1.54) is 19.3 Å². The number of hydrogen-bond acceptors (Lipinski definition) is 2. The molecule has 1 rings (SSSR count). The molecule has 0 N–H and O–H groups in total. The smallest absolute Gasteiger partial charge is 0.242 e. The van der Waals surface area contributed by atoms with Crippen molar-refractivity contribution in [3.05, 3.63) is 24.0 Å². The van der Waals surface area contributed by atoms with Crippen molar-refractivity contribution in [1.82, 2.24) is 14.4 Å². The van der Waals surface area contributed by atoms with E-state index in [1.807, 2.05) is 31.1 Å². The molecule has 0 saturated heterocycles. The highest BCUT2D eigenvalue weighted by Gasteiger charge is 2.25.